The van der Waals surface area contributed by atoms with E-state index in [9.17, 15) is 14.0 Å². The van der Waals surface area contributed by atoms with E-state index in [-0.39, 0.29) is 16.8 Å². The Kier molecular flexibility index (Phi) is 11.7. The Morgan fingerprint density at radius 1 is 0.842 bits per heavy atom. The molecule has 0 aromatic heterocycles. The van der Waals surface area contributed by atoms with Crippen molar-refractivity contribution in [2.45, 2.75) is 45.3 Å². The van der Waals surface area contributed by atoms with Crippen LogP contribution in [0.15, 0.2) is 72.8 Å². The van der Waals surface area contributed by atoms with Gasteiger partial charge in [-0.2, -0.15) is 0 Å². The summed E-state index contributed by atoms with van der Waals surface area (Å²) in [6.07, 6.45) is 1.59. The molecule has 3 rings (SSSR count). The van der Waals surface area contributed by atoms with Gasteiger partial charge in [-0.1, -0.05) is 55.9 Å². The first-order valence-corrected chi connectivity index (χ1v) is 13.7. The smallest absolute Gasteiger partial charge is 0.192 e. The van der Waals surface area contributed by atoms with Crippen LogP contribution >= 0.6 is 11.8 Å². The maximum absolute atomic E-state index is 12.9. The Morgan fingerprint density at radius 2 is 1.58 bits per heavy atom. The van der Waals surface area contributed by atoms with Gasteiger partial charge in [-0.3, -0.25) is 14.0 Å². The van der Waals surface area contributed by atoms with Crippen molar-refractivity contribution in [1.82, 2.24) is 0 Å². The second-order valence-corrected chi connectivity index (χ2v) is 10.3. The van der Waals surface area contributed by atoms with Crippen LogP contribution in [-0.2, 0) is 16.0 Å². The number of ketones is 1. The molecular formula is C31H35FO5S. The molecule has 0 spiro atoms. The lowest BCUT2D eigenvalue weighted by atomic mass is 10.1. The largest absolute Gasteiger partial charge is 0.493 e. The summed E-state index contributed by atoms with van der Waals surface area (Å²) in [5, 5.41) is -0.562. The van der Waals surface area contributed by atoms with Gasteiger partial charge in [0.15, 0.2) is 5.12 Å². The number of benzene rings is 3. The molecule has 0 N–H and O–H groups in total. The summed E-state index contributed by atoms with van der Waals surface area (Å²) in [6.45, 7) is 5.59. The molecule has 0 aliphatic carbocycles. The van der Waals surface area contributed by atoms with E-state index in [1.54, 1.807) is 0 Å². The van der Waals surface area contributed by atoms with Crippen molar-refractivity contribution in [1.29, 1.82) is 0 Å². The second kappa shape index (κ2) is 15.2. The third kappa shape index (κ3) is 9.21. The van der Waals surface area contributed by atoms with Crippen LogP contribution in [0.2, 0.25) is 0 Å². The highest BCUT2D eigenvalue weighted by Gasteiger charge is 2.23. The number of hydrogen-bond acceptors (Lipinski definition) is 6. The van der Waals surface area contributed by atoms with Crippen LogP contribution in [0.25, 0.3) is 0 Å². The first kappa shape index (κ1) is 29.2. The van der Waals surface area contributed by atoms with E-state index >= 15 is 0 Å². The molecule has 0 saturated heterocycles. The van der Waals surface area contributed by atoms with Crippen molar-refractivity contribution in [3.63, 3.8) is 0 Å². The van der Waals surface area contributed by atoms with Crippen LogP contribution in [-0.4, -0.2) is 30.8 Å². The Bertz CT molecular complexity index is 1180. The molecule has 0 radical (unpaired) electrons. The zero-order valence-corrected chi connectivity index (χ0v) is 23.0. The number of carbonyl (C=O) groups excluding carboxylic acids is 2. The number of para-hydroxylation sites is 1. The summed E-state index contributed by atoms with van der Waals surface area (Å²) in [4.78, 5) is 24.4. The predicted molar refractivity (Wildman–Crippen MR) is 150 cm³/mol. The summed E-state index contributed by atoms with van der Waals surface area (Å²) in [6, 6.07) is 22.4. The van der Waals surface area contributed by atoms with E-state index in [4.69, 9.17) is 14.2 Å². The fourth-order valence-electron chi connectivity index (χ4n) is 3.67. The van der Waals surface area contributed by atoms with Gasteiger partial charge in [0.05, 0.1) is 25.1 Å². The minimum absolute atomic E-state index is 0.0146. The highest BCUT2D eigenvalue weighted by Crippen LogP contribution is 2.34. The molecule has 0 fully saturated rings. The van der Waals surface area contributed by atoms with Crippen LogP contribution in [0.5, 0.6) is 23.0 Å². The van der Waals surface area contributed by atoms with Crippen LogP contribution in [0.4, 0.5) is 4.39 Å². The van der Waals surface area contributed by atoms with Gasteiger partial charge in [-0.15, -0.1) is 0 Å². The molecule has 5 nitrogen and oxygen atoms in total. The van der Waals surface area contributed by atoms with Gasteiger partial charge in [-0.25, -0.2) is 0 Å². The molecule has 0 heterocycles. The molecule has 3 aromatic rings. The van der Waals surface area contributed by atoms with Gasteiger partial charge in [-0.05, 0) is 73.4 Å². The fraction of sp³-hybridized carbons (Fsp3) is 0.355. The quantitative estimate of drug-likeness (QED) is 0.184. The third-order valence-corrected chi connectivity index (χ3v) is 7.18. The highest BCUT2D eigenvalue weighted by molar-refractivity contribution is 8.14. The topological polar surface area (TPSA) is 61.8 Å². The van der Waals surface area contributed by atoms with Crippen molar-refractivity contribution in [2.24, 2.45) is 5.92 Å². The van der Waals surface area contributed by atoms with Gasteiger partial charge < -0.3 is 14.2 Å². The number of Topliss-reactive ketones (excluding diaryl/α,β-unsaturated/α-hetero) is 1. The van der Waals surface area contributed by atoms with Crippen molar-refractivity contribution in [3.8, 4) is 23.0 Å². The van der Waals surface area contributed by atoms with E-state index in [1.165, 1.54) is 6.92 Å². The molecular weight excluding hydrogens is 503 g/mol. The summed E-state index contributed by atoms with van der Waals surface area (Å²) < 4.78 is 30.7. The third-order valence-electron chi connectivity index (χ3n) is 5.64. The van der Waals surface area contributed by atoms with Crippen molar-refractivity contribution in [2.75, 3.05) is 19.9 Å². The van der Waals surface area contributed by atoms with Crippen molar-refractivity contribution >= 4 is 22.7 Å². The number of hydrogen-bond donors (Lipinski definition) is 0. The summed E-state index contributed by atoms with van der Waals surface area (Å²) in [5.41, 5.74) is 1.65. The van der Waals surface area contributed by atoms with Crippen molar-refractivity contribution in [3.05, 3.63) is 83.9 Å². The number of alkyl halides is 1. The lowest BCUT2D eigenvalue weighted by Gasteiger charge is -2.16. The zero-order valence-electron chi connectivity index (χ0n) is 22.2. The van der Waals surface area contributed by atoms with E-state index in [0.29, 0.717) is 49.7 Å². The van der Waals surface area contributed by atoms with Gasteiger partial charge >= 0.3 is 0 Å². The number of thioether (sulfide) groups is 1. The molecule has 1 unspecified atom stereocenters. The van der Waals surface area contributed by atoms with Gasteiger partial charge in [0.25, 0.3) is 0 Å². The predicted octanol–water partition coefficient (Wildman–Crippen LogP) is 7.77. The van der Waals surface area contributed by atoms with E-state index < -0.39 is 11.9 Å². The number of ether oxygens (including phenoxy) is 3. The summed E-state index contributed by atoms with van der Waals surface area (Å²) >= 11 is 1.06. The maximum atomic E-state index is 12.9. The zero-order chi connectivity index (χ0) is 27.3. The van der Waals surface area contributed by atoms with Crippen molar-refractivity contribution < 1.29 is 28.2 Å². The lowest BCUT2D eigenvalue weighted by molar-refractivity contribution is -0.117. The Balaban J connectivity index is 1.54. The van der Waals surface area contributed by atoms with E-state index in [2.05, 4.69) is 0 Å². The average molecular weight is 539 g/mol. The molecule has 38 heavy (non-hydrogen) atoms. The standard InChI is InChI=1S/C31H35FO5S/c1-22(2)31(34)38-30(23(3)33)25-10-7-14-27(21-25)35-18-9-19-36-29-16-15-28(20-24(29)11-8-17-32)37-26-12-5-4-6-13-26/h4-7,10,12-16,20-22,30H,8-9,11,17-19H2,1-3H3. The Labute approximate surface area is 228 Å². The summed E-state index contributed by atoms with van der Waals surface area (Å²) in [5.74, 6) is 2.54. The van der Waals surface area contributed by atoms with Gasteiger partial charge in [0.1, 0.15) is 28.8 Å². The molecule has 0 saturated carbocycles. The average Bonchev–Trinajstić information content (AvgIpc) is 2.91. The summed E-state index contributed by atoms with van der Waals surface area (Å²) in [7, 11) is 0. The molecule has 0 aliphatic heterocycles. The van der Waals surface area contributed by atoms with Crippen LogP contribution in [0.3, 0.4) is 0 Å². The molecule has 3 aromatic carbocycles. The fourth-order valence-corrected chi connectivity index (χ4v) is 4.63. The Morgan fingerprint density at radius 3 is 2.29 bits per heavy atom. The van der Waals surface area contributed by atoms with E-state index in [1.807, 2.05) is 86.6 Å². The van der Waals surface area contributed by atoms with Gasteiger partial charge in [0, 0.05) is 12.3 Å². The molecule has 202 valence electrons. The maximum Gasteiger partial charge on any atom is 0.192 e. The normalized spacial score (nSPS) is 11.7. The molecule has 0 aliphatic rings. The van der Waals surface area contributed by atoms with Crippen LogP contribution in [0.1, 0.15) is 50.0 Å². The molecule has 7 heteroatoms. The lowest BCUT2D eigenvalue weighted by Crippen LogP contribution is -2.12. The number of aryl methyl sites for hydroxylation is 1. The minimum Gasteiger partial charge on any atom is -0.493 e. The number of carbonyl (C=O) groups is 2. The Hall–Kier alpha value is -3.32. The second-order valence-electron chi connectivity index (χ2n) is 9.18. The first-order valence-electron chi connectivity index (χ1n) is 12.9. The van der Waals surface area contributed by atoms with Crippen LogP contribution < -0.4 is 14.2 Å². The molecule has 0 amide bonds. The van der Waals surface area contributed by atoms with Gasteiger partial charge in [0.2, 0.25) is 0 Å². The van der Waals surface area contributed by atoms with E-state index in [0.717, 1.165) is 28.6 Å². The first-order chi connectivity index (χ1) is 18.4. The number of halogens is 1. The monoisotopic (exact) mass is 538 g/mol. The molecule has 0 bridgehead atoms. The van der Waals surface area contributed by atoms with Crippen LogP contribution in [0, 0.1) is 5.92 Å². The highest BCUT2D eigenvalue weighted by atomic mass is 32.2. The number of rotatable bonds is 15. The molecule has 1 atom stereocenters. The minimum atomic E-state index is -0.548. The SMILES string of the molecule is CC(=O)C(SC(=O)C(C)C)c1cccc(OCCCOc2ccc(Oc3ccccc3)cc2CCCF)c1.